The fourth-order valence-corrected chi connectivity index (χ4v) is 2.25. The monoisotopic (exact) mass is 298 g/mol. The molecule has 0 saturated carbocycles. The minimum Gasteiger partial charge on any atom is -0.711 e. The largest absolute Gasteiger partial charge is 0.711 e. The predicted octanol–water partition coefficient (Wildman–Crippen LogP) is 1.48. The fraction of sp³-hybridized carbons (Fsp3) is 0.133. The quantitative estimate of drug-likeness (QED) is 0.549. The molecule has 0 fully saturated rings. The molecule has 2 heterocycles. The summed E-state index contributed by atoms with van der Waals surface area (Å²) in [5, 5.41) is 28.5. The van der Waals surface area contributed by atoms with Crippen LogP contribution in [0.2, 0.25) is 0 Å². The number of aromatic carboxylic acids is 1. The van der Waals surface area contributed by atoms with Crippen LogP contribution in [0.15, 0.2) is 48.8 Å². The highest BCUT2D eigenvalue weighted by molar-refractivity contribution is 5.93. The Hall–Kier alpha value is -3.09. The molecule has 0 unspecified atom stereocenters. The molecule has 2 N–H and O–H groups in total. The number of fused-ring (bicyclic) bond motifs is 1. The summed E-state index contributed by atoms with van der Waals surface area (Å²) in [5.41, 5.74) is 1.09. The third-order valence-electron chi connectivity index (χ3n) is 3.34. The number of hydrogen-bond acceptors (Lipinski definition) is 4. The molecule has 1 aromatic carbocycles. The summed E-state index contributed by atoms with van der Waals surface area (Å²) in [7, 11) is 0. The lowest BCUT2D eigenvalue weighted by Crippen LogP contribution is -2.30. The first-order valence-electron chi connectivity index (χ1n) is 6.76. The maximum atomic E-state index is 11.5. The number of aromatic nitrogens is 3. The highest BCUT2D eigenvalue weighted by Gasteiger charge is 2.08. The van der Waals surface area contributed by atoms with Gasteiger partial charge in [0.05, 0.1) is 30.0 Å². The topological polar surface area (TPSA) is 94.1 Å². The Morgan fingerprint density at radius 1 is 1.36 bits per heavy atom. The Bertz CT molecular complexity index is 829. The average Bonchev–Trinajstić information content (AvgIpc) is 2.91. The van der Waals surface area contributed by atoms with Crippen LogP contribution in [0.25, 0.3) is 10.9 Å². The highest BCUT2D eigenvalue weighted by atomic mass is 16.5. The number of carbonyl (C=O) groups is 1. The van der Waals surface area contributed by atoms with Crippen molar-refractivity contribution in [3.05, 3.63) is 59.6 Å². The molecular formula is C15H14N4O3. The second kappa shape index (κ2) is 5.72. The summed E-state index contributed by atoms with van der Waals surface area (Å²) < 4.78 is 2.53. The zero-order chi connectivity index (χ0) is 15.5. The molecule has 3 rings (SSSR count). The highest BCUT2D eigenvalue weighted by Crippen LogP contribution is 2.15. The van der Waals surface area contributed by atoms with Crippen molar-refractivity contribution < 1.29 is 14.6 Å². The zero-order valence-electron chi connectivity index (χ0n) is 11.6. The van der Waals surface area contributed by atoms with Gasteiger partial charge >= 0.3 is 5.97 Å². The Labute approximate surface area is 126 Å². The molecule has 2 aromatic heterocycles. The smallest absolute Gasteiger partial charge is 0.335 e. The molecule has 0 aliphatic heterocycles. The molecule has 3 aromatic rings. The second-order valence-electron chi connectivity index (χ2n) is 4.78. The molecular weight excluding hydrogens is 284 g/mol. The minimum atomic E-state index is -0.958. The summed E-state index contributed by atoms with van der Waals surface area (Å²) in [6.45, 7) is 1.09. The Balaban J connectivity index is 1.72. The first kappa shape index (κ1) is 13.9. The summed E-state index contributed by atoms with van der Waals surface area (Å²) >= 11 is 0. The van der Waals surface area contributed by atoms with Gasteiger partial charge in [0.25, 0.3) is 5.82 Å². The molecule has 0 saturated heterocycles. The second-order valence-corrected chi connectivity index (χ2v) is 4.78. The van der Waals surface area contributed by atoms with Crippen LogP contribution in [-0.2, 0) is 6.54 Å². The van der Waals surface area contributed by atoms with Gasteiger partial charge in [-0.3, -0.25) is 10.00 Å². The molecule has 0 aliphatic carbocycles. The number of pyridine rings is 1. The number of carboxylic acids is 1. The number of carboxylic acid groups (broad SMARTS) is 1. The van der Waals surface area contributed by atoms with Gasteiger partial charge in [0.2, 0.25) is 0 Å². The van der Waals surface area contributed by atoms with Crippen molar-refractivity contribution in [2.24, 2.45) is 0 Å². The zero-order valence-corrected chi connectivity index (χ0v) is 11.6. The van der Waals surface area contributed by atoms with Crippen LogP contribution in [0.1, 0.15) is 10.4 Å². The SMILES string of the molecule is O=C(O)c1ccc2c(cnn2CCNc2cccc[n+]2[O-])c1. The van der Waals surface area contributed by atoms with E-state index in [0.29, 0.717) is 18.9 Å². The van der Waals surface area contributed by atoms with E-state index >= 15 is 0 Å². The molecule has 22 heavy (non-hydrogen) atoms. The lowest BCUT2D eigenvalue weighted by atomic mass is 10.1. The Morgan fingerprint density at radius 2 is 2.23 bits per heavy atom. The summed E-state index contributed by atoms with van der Waals surface area (Å²) in [6, 6.07) is 10.0. The van der Waals surface area contributed by atoms with E-state index in [-0.39, 0.29) is 5.56 Å². The number of nitrogens with one attached hydrogen (secondary N) is 1. The van der Waals surface area contributed by atoms with Gasteiger partial charge in [0.1, 0.15) is 6.54 Å². The van der Waals surface area contributed by atoms with Crippen molar-refractivity contribution in [2.75, 3.05) is 11.9 Å². The van der Waals surface area contributed by atoms with Crippen LogP contribution in [0.3, 0.4) is 0 Å². The number of benzene rings is 1. The molecule has 7 heteroatoms. The lowest BCUT2D eigenvalue weighted by molar-refractivity contribution is -0.590. The van der Waals surface area contributed by atoms with Gasteiger partial charge in [-0.25, -0.2) is 9.52 Å². The van der Waals surface area contributed by atoms with E-state index in [4.69, 9.17) is 5.11 Å². The molecule has 0 amide bonds. The van der Waals surface area contributed by atoms with Crippen molar-refractivity contribution in [3.8, 4) is 0 Å². The molecule has 112 valence electrons. The van der Waals surface area contributed by atoms with E-state index in [1.807, 2.05) is 0 Å². The van der Waals surface area contributed by atoms with Crippen LogP contribution in [0, 0.1) is 5.21 Å². The summed E-state index contributed by atoms with van der Waals surface area (Å²) in [6.07, 6.45) is 3.07. The van der Waals surface area contributed by atoms with E-state index in [1.54, 1.807) is 47.3 Å². The minimum absolute atomic E-state index is 0.238. The van der Waals surface area contributed by atoms with Crippen molar-refractivity contribution in [1.29, 1.82) is 0 Å². The standard InChI is InChI=1S/C15H14N4O3/c20-15(21)11-4-5-13-12(9-11)10-17-18(13)8-6-16-14-3-1-2-7-19(14)22/h1-5,7,9-10,16H,6,8H2,(H,20,21). The number of nitrogens with zero attached hydrogens (tertiary/aromatic N) is 3. The van der Waals surface area contributed by atoms with E-state index in [1.165, 1.54) is 6.20 Å². The molecule has 0 bridgehead atoms. The number of anilines is 1. The third kappa shape index (κ3) is 2.69. The van der Waals surface area contributed by atoms with Gasteiger partial charge in [-0.1, -0.05) is 6.07 Å². The van der Waals surface area contributed by atoms with Crippen LogP contribution < -0.4 is 10.0 Å². The van der Waals surface area contributed by atoms with Crippen LogP contribution in [-0.4, -0.2) is 27.4 Å². The normalized spacial score (nSPS) is 10.7. The van der Waals surface area contributed by atoms with E-state index < -0.39 is 5.97 Å². The number of rotatable bonds is 5. The Morgan fingerprint density at radius 3 is 3.00 bits per heavy atom. The van der Waals surface area contributed by atoms with E-state index in [9.17, 15) is 10.0 Å². The molecule has 7 nitrogen and oxygen atoms in total. The van der Waals surface area contributed by atoms with Crippen molar-refractivity contribution >= 4 is 22.7 Å². The van der Waals surface area contributed by atoms with Crippen molar-refractivity contribution in [2.45, 2.75) is 6.54 Å². The van der Waals surface area contributed by atoms with Crippen LogP contribution in [0.5, 0.6) is 0 Å². The third-order valence-corrected chi connectivity index (χ3v) is 3.34. The number of hydrogen-bond donors (Lipinski definition) is 2. The van der Waals surface area contributed by atoms with Gasteiger partial charge in [-0.2, -0.15) is 5.10 Å². The summed E-state index contributed by atoms with van der Waals surface area (Å²) in [5.74, 6) is -0.479. The van der Waals surface area contributed by atoms with Crippen LogP contribution in [0.4, 0.5) is 5.82 Å². The Kier molecular flexibility index (Phi) is 3.61. The van der Waals surface area contributed by atoms with Crippen molar-refractivity contribution in [3.63, 3.8) is 0 Å². The van der Waals surface area contributed by atoms with Crippen molar-refractivity contribution in [1.82, 2.24) is 9.78 Å². The first-order valence-corrected chi connectivity index (χ1v) is 6.76. The van der Waals surface area contributed by atoms with Gasteiger partial charge in [-0.05, 0) is 24.3 Å². The average molecular weight is 298 g/mol. The first-order chi connectivity index (χ1) is 10.6. The summed E-state index contributed by atoms with van der Waals surface area (Å²) in [4.78, 5) is 10.9. The lowest BCUT2D eigenvalue weighted by Gasteiger charge is -2.08. The predicted molar refractivity (Wildman–Crippen MR) is 80.6 cm³/mol. The maximum Gasteiger partial charge on any atom is 0.335 e. The van der Waals surface area contributed by atoms with Gasteiger partial charge in [0.15, 0.2) is 0 Å². The fourth-order valence-electron chi connectivity index (χ4n) is 2.25. The molecule has 0 radical (unpaired) electrons. The van der Waals surface area contributed by atoms with E-state index in [2.05, 4.69) is 10.4 Å². The maximum absolute atomic E-state index is 11.5. The van der Waals surface area contributed by atoms with Gasteiger partial charge < -0.3 is 10.3 Å². The molecule has 0 aliphatic rings. The van der Waals surface area contributed by atoms with Crippen LogP contribution >= 0.6 is 0 Å². The van der Waals surface area contributed by atoms with Gasteiger partial charge in [0, 0.05) is 11.5 Å². The van der Waals surface area contributed by atoms with Gasteiger partial charge in [-0.15, -0.1) is 0 Å². The molecule has 0 atom stereocenters. The van der Waals surface area contributed by atoms with E-state index in [0.717, 1.165) is 15.6 Å². The molecule has 0 spiro atoms.